The van der Waals surface area contributed by atoms with Gasteiger partial charge in [0.05, 0.1) is 36.6 Å². The molecule has 1 heterocycles. The monoisotopic (exact) mass is 481 g/mol. The van der Waals surface area contributed by atoms with Crippen LogP contribution in [0.3, 0.4) is 0 Å². The van der Waals surface area contributed by atoms with Gasteiger partial charge in [-0.05, 0) is 56.5 Å². The number of aliphatic carboxylic acids is 1. The number of carbonyl (C=O) groups is 1. The molecule has 8 nitrogen and oxygen atoms in total. The SMILES string of the molecule is CCOc1cc(Nc2cc([C@H](COC)CC(=O)O)ccc2N(CC)C2CCOCC2)ccc1C#N. The number of methoxy groups -OCH3 is 1. The van der Waals surface area contributed by atoms with E-state index in [1.165, 1.54) is 0 Å². The minimum Gasteiger partial charge on any atom is -0.492 e. The molecular weight excluding hydrogens is 446 g/mol. The van der Waals surface area contributed by atoms with Gasteiger partial charge in [-0.1, -0.05) is 6.07 Å². The number of carboxylic acids is 1. The first-order valence-electron chi connectivity index (χ1n) is 12.1. The second-order valence-electron chi connectivity index (χ2n) is 8.54. The highest BCUT2D eigenvalue weighted by Crippen LogP contribution is 2.36. The second kappa shape index (κ2) is 13.0. The van der Waals surface area contributed by atoms with Crippen LogP contribution in [0.5, 0.6) is 5.75 Å². The van der Waals surface area contributed by atoms with Gasteiger partial charge in [0.1, 0.15) is 11.8 Å². The van der Waals surface area contributed by atoms with Crippen LogP contribution < -0.4 is 15.0 Å². The summed E-state index contributed by atoms with van der Waals surface area (Å²) in [4.78, 5) is 13.9. The first kappa shape index (κ1) is 26.3. The van der Waals surface area contributed by atoms with Gasteiger partial charge >= 0.3 is 5.97 Å². The van der Waals surface area contributed by atoms with E-state index in [2.05, 4.69) is 29.3 Å². The molecule has 3 rings (SSSR count). The van der Waals surface area contributed by atoms with E-state index >= 15 is 0 Å². The summed E-state index contributed by atoms with van der Waals surface area (Å²) >= 11 is 0. The van der Waals surface area contributed by atoms with Crippen LogP contribution in [0, 0.1) is 11.3 Å². The predicted octanol–water partition coefficient (Wildman–Crippen LogP) is 4.91. The van der Waals surface area contributed by atoms with Crippen molar-refractivity contribution in [2.24, 2.45) is 0 Å². The maximum Gasteiger partial charge on any atom is 0.304 e. The number of hydrogen-bond donors (Lipinski definition) is 2. The summed E-state index contributed by atoms with van der Waals surface area (Å²) in [7, 11) is 1.58. The van der Waals surface area contributed by atoms with Crippen LogP contribution in [0.4, 0.5) is 17.1 Å². The Morgan fingerprint density at radius 1 is 1.26 bits per heavy atom. The van der Waals surface area contributed by atoms with E-state index in [0.29, 0.717) is 30.6 Å². The van der Waals surface area contributed by atoms with Crippen LogP contribution in [0.2, 0.25) is 0 Å². The maximum atomic E-state index is 11.5. The molecule has 0 amide bonds. The van der Waals surface area contributed by atoms with E-state index in [0.717, 1.165) is 55.2 Å². The van der Waals surface area contributed by atoms with E-state index in [4.69, 9.17) is 14.2 Å². The summed E-state index contributed by atoms with van der Waals surface area (Å²) in [6.45, 7) is 7.10. The molecule has 0 bridgehead atoms. The van der Waals surface area contributed by atoms with Crippen molar-refractivity contribution in [3.8, 4) is 11.8 Å². The molecule has 8 heteroatoms. The molecule has 2 aromatic rings. The molecule has 0 aromatic heterocycles. The van der Waals surface area contributed by atoms with Crippen LogP contribution >= 0.6 is 0 Å². The third-order valence-electron chi connectivity index (χ3n) is 6.24. The van der Waals surface area contributed by atoms with Crippen LogP contribution in [0.1, 0.15) is 50.2 Å². The first-order valence-corrected chi connectivity index (χ1v) is 12.1. The van der Waals surface area contributed by atoms with Gasteiger partial charge in [-0.3, -0.25) is 4.79 Å². The smallest absolute Gasteiger partial charge is 0.304 e. The molecule has 0 radical (unpaired) electrons. The number of nitrogens with one attached hydrogen (secondary N) is 1. The summed E-state index contributed by atoms with van der Waals surface area (Å²) in [6, 6.07) is 14.0. The van der Waals surface area contributed by atoms with E-state index < -0.39 is 5.97 Å². The number of benzene rings is 2. The van der Waals surface area contributed by atoms with Gasteiger partial charge < -0.3 is 29.5 Å². The molecule has 1 fully saturated rings. The predicted molar refractivity (Wildman–Crippen MR) is 136 cm³/mol. The summed E-state index contributed by atoms with van der Waals surface area (Å²) in [5.41, 5.74) is 4.06. The molecule has 0 aliphatic carbocycles. The fraction of sp³-hybridized carbons (Fsp3) is 0.481. The highest BCUT2D eigenvalue weighted by Gasteiger charge is 2.24. The average molecular weight is 482 g/mol. The van der Waals surface area contributed by atoms with Crippen molar-refractivity contribution in [1.82, 2.24) is 0 Å². The number of rotatable bonds is 12. The molecule has 2 aromatic carbocycles. The second-order valence-corrected chi connectivity index (χ2v) is 8.54. The van der Waals surface area contributed by atoms with Crippen LogP contribution in [0.25, 0.3) is 0 Å². The zero-order valence-electron chi connectivity index (χ0n) is 20.8. The van der Waals surface area contributed by atoms with Gasteiger partial charge in [0.25, 0.3) is 0 Å². The number of nitriles is 1. The van der Waals surface area contributed by atoms with Crippen LogP contribution in [-0.4, -0.2) is 57.2 Å². The highest BCUT2D eigenvalue weighted by molar-refractivity contribution is 5.78. The lowest BCUT2D eigenvalue weighted by atomic mass is 9.94. The maximum absolute atomic E-state index is 11.5. The summed E-state index contributed by atoms with van der Waals surface area (Å²) in [5, 5.41) is 22.4. The van der Waals surface area contributed by atoms with Crippen molar-refractivity contribution >= 4 is 23.0 Å². The topological polar surface area (TPSA) is 104 Å². The lowest BCUT2D eigenvalue weighted by molar-refractivity contribution is -0.137. The van der Waals surface area contributed by atoms with Gasteiger partial charge in [0.15, 0.2) is 0 Å². The first-order chi connectivity index (χ1) is 17.0. The lowest BCUT2D eigenvalue weighted by Crippen LogP contribution is -2.39. The Morgan fingerprint density at radius 2 is 2.03 bits per heavy atom. The van der Waals surface area contributed by atoms with Crippen molar-refractivity contribution < 1.29 is 24.1 Å². The number of ether oxygens (including phenoxy) is 3. The third kappa shape index (κ3) is 6.87. The number of anilines is 3. The molecule has 1 saturated heterocycles. The van der Waals surface area contributed by atoms with E-state index in [1.54, 1.807) is 13.2 Å². The minimum absolute atomic E-state index is 0.0184. The largest absolute Gasteiger partial charge is 0.492 e. The van der Waals surface area contributed by atoms with Gasteiger partial charge in [-0.15, -0.1) is 0 Å². The molecule has 0 unspecified atom stereocenters. The van der Waals surface area contributed by atoms with Crippen molar-refractivity contribution in [3.05, 3.63) is 47.5 Å². The Labute approximate surface area is 207 Å². The Hall–Kier alpha value is -3.28. The standard InChI is InChI=1S/C27H35N3O5/c1-4-30(23-10-12-34-13-11-23)25-9-7-19(21(18-33-3)15-27(31)32)14-24(25)29-22-8-6-20(17-28)26(16-22)35-5-2/h6-9,14,16,21,23,29H,4-5,10-13,15,18H2,1-3H3,(H,31,32)/t21-/m0/s1. The Balaban J connectivity index is 2.04. The average Bonchev–Trinajstić information content (AvgIpc) is 2.86. The van der Waals surface area contributed by atoms with Crippen molar-refractivity contribution in [1.29, 1.82) is 5.26 Å². The molecule has 1 aliphatic heterocycles. The van der Waals surface area contributed by atoms with Crippen molar-refractivity contribution in [3.63, 3.8) is 0 Å². The number of hydrogen-bond acceptors (Lipinski definition) is 7. The highest BCUT2D eigenvalue weighted by atomic mass is 16.5. The number of nitrogens with zero attached hydrogens (tertiary/aromatic N) is 2. The fourth-order valence-corrected chi connectivity index (χ4v) is 4.59. The van der Waals surface area contributed by atoms with Gasteiger partial charge in [-0.2, -0.15) is 5.26 Å². The molecule has 35 heavy (non-hydrogen) atoms. The van der Waals surface area contributed by atoms with E-state index in [-0.39, 0.29) is 12.3 Å². The van der Waals surface area contributed by atoms with Crippen molar-refractivity contribution in [2.45, 2.75) is 45.1 Å². The van der Waals surface area contributed by atoms with E-state index in [1.807, 2.05) is 31.2 Å². The molecule has 1 aliphatic rings. The molecular formula is C27H35N3O5. The van der Waals surface area contributed by atoms with E-state index in [9.17, 15) is 15.2 Å². The van der Waals surface area contributed by atoms with Crippen LogP contribution in [0.15, 0.2) is 36.4 Å². The Bertz CT molecular complexity index is 1030. The summed E-state index contributed by atoms with van der Waals surface area (Å²) < 4.78 is 16.6. The Kier molecular flexibility index (Phi) is 9.76. The molecule has 0 saturated carbocycles. The lowest BCUT2D eigenvalue weighted by Gasteiger charge is -2.37. The normalized spacial score (nSPS) is 14.7. The summed E-state index contributed by atoms with van der Waals surface area (Å²) in [5.74, 6) is -0.612. The quantitative estimate of drug-likeness (QED) is 0.441. The van der Waals surface area contributed by atoms with Gasteiger partial charge in [0.2, 0.25) is 0 Å². The molecule has 188 valence electrons. The summed E-state index contributed by atoms with van der Waals surface area (Å²) in [6.07, 6.45) is 1.88. The molecule has 2 N–H and O–H groups in total. The zero-order valence-corrected chi connectivity index (χ0v) is 20.8. The zero-order chi connectivity index (χ0) is 25.2. The third-order valence-corrected chi connectivity index (χ3v) is 6.24. The Morgan fingerprint density at radius 3 is 2.66 bits per heavy atom. The minimum atomic E-state index is -0.864. The van der Waals surface area contributed by atoms with Crippen LogP contribution in [-0.2, 0) is 14.3 Å². The van der Waals surface area contributed by atoms with Gasteiger partial charge in [0, 0.05) is 50.6 Å². The van der Waals surface area contributed by atoms with Crippen molar-refractivity contribution in [2.75, 3.05) is 50.3 Å². The molecule has 1 atom stereocenters. The fourth-order valence-electron chi connectivity index (χ4n) is 4.59. The molecule has 0 spiro atoms. The van der Waals surface area contributed by atoms with Gasteiger partial charge in [-0.25, -0.2) is 0 Å². The number of carboxylic acid groups (broad SMARTS) is 1.